The van der Waals surface area contributed by atoms with Crippen LogP contribution in [0.1, 0.15) is 0 Å². The summed E-state index contributed by atoms with van der Waals surface area (Å²) in [5.41, 5.74) is 2.66. The number of aryl methyl sites for hydroxylation is 1. The Hall–Kier alpha value is -4.21. The van der Waals surface area contributed by atoms with Gasteiger partial charge < -0.3 is 24.7 Å². The summed E-state index contributed by atoms with van der Waals surface area (Å²) in [7, 11) is 3.23. The molecule has 1 saturated heterocycles. The van der Waals surface area contributed by atoms with Crippen LogP contribution in [0.15, 0.2) is 30.6 Å². The maximum Gasteiger partial charge on any atom is 0.413 e. The highest BCUT2D eigenvalue weighted by Crippen LogP contribution is 2.30. The largest absolute Gasteiger partial charge is 0.413 e. The Labute approximate surface area is 209 Å². The van der Waals surface area contributed by atoms with Crippen LogP contribution in [0.25, 0.3) is 33.5 Å². The van der Waals surface area contributed by atoms with Gasteiger partial charge in [-0.15, -0.1) is 0 Å². The van der Waals surface area contributed by atoms with Gasteiger partial charge in [-0.1, -0.05) is 11.6 Å². The van der Waals surface area contributed by atoms with E-state index in [0.717, 1.165) is 10.9 Å². The minimum absolute atomic E-state index is 0.0454. The van der Waals surface area contributed by atoms with Gasteiger partial charge in [0.1, 0.15) is 17.4 Å². The Morgan fingerprint density at radius 1 is 1.39 bits per heavy atom. The van der Waals surface area contributed by atoms with E-state index in [1.807, 2.05) is 19.2 Å². The number of nitriles is 1. The van der Waals surface area contributed by atoms with Crippen molar-refractivity contribution in [2.75, 3.05) is 26.8 Å². The summed E-state index contributed by atoms with van der Waals surface area (Å²) in [4.78, 5) is 38.8. The molecule has 0 saturated carbocycles. The number of carbonyl (C=O) groups excluding carboxylic acids is 2. The zero-order chi connectivity index (χ0) is 25.4. The normalized spacial score (nSPS) is 14.4. The molecule has 1 aromatic carbocycles. The first-order valence-corrected chi connectivity index (χ1v) is 11.4. The number of benzene rings is 1. The van der Waals surface area contributed by atoms with Gasteiger partial charge in [-0.3, -0.25) is 9.48 Å². The summed E-state index contributed by atoms with van der Waals surface area (Å²) in [6, 6.07) is 6.60. The molecule has 4 heterocycles. The number of H-pyrrole nitrogens is 1. The molecule has 0 unspecified atom stereocenters. The van der Waals surface area contributed by atoms with Crippen molar-refractivity contribution in [1.82, 2.24) is 34.9 Å². The molecule has 184 valence electrons. The number of aromatic nitrogens is 5. The second kappa shape index (κ2) is 9.44. The van der Waals surface area contributed by atoms with E-state index in [2.05, 4.69) is 31.4 Å². The van der Waals surface area contributed by atoms with Crippen molar-refractivity contribution in [2.24, 2.45) is 13.0 Å². The molecule has 0 aliphatic carbocycles. The maximum absolute atomic E-state index is 12.7. The number of rotatable bonds is 6. The summed E-state index contributed by atoms with van der Waals surface area (Å²) in [5.74, 6) is -0.406. The van der Waals surface area contributed by atoms with Gasteiger partial charge in [-0.05, 0) is 18.2 Å². The van der Waals surface area contributed by atoms with Crippen LogP contribution in [0.5, 0.6) is 5.75 Å². The molecule has 36 heavy (non-hydrogen) atoms. The lowest BCUT2D eigenvalue weighted by atomic mass is 10.0. The van der Waals surface area contributed by atoms with Gasteiger partial charge in [-0.2, -0.15) is 10.4 Å². The molecule has 12 nitrogen and oxygen atoms in total. The van der Waals surface area contributed by atoms with E-state index in [1.54, 1.807) is 16.9 Å². The molecule has 0 spiro atoms. The fraction of sp³-hybridized carbons (Fsp3) is 0.304. The summed E-state index contributed by atoms with van der Waals surface area (Å²) < 4.78 is 12.2. The van der Waals surface area contributed by atoms with Crippen molar-refractivity contribution in [3.63, 3.8) is 0 Å². The number of amides is 2. The van der Waals surface area contributed by atoms with Crippen molar-refractivity contribution in [1.29, 1.82) is 5.26 Å². The van der Waals surface area contributed by atoms with Gasteiger partial charge in [0.25, 0.3) is 0 Å². The number of fused-ring (bicyclic) bond motifs is 2. The van der Waals surface area contributed by atoms with Crippen molar-refractivity contribution >= 4 is 45.7 Å². The summed E-state index contributed by atoms with van der Waals surface area (Å²) in [6.07, 6.45) is 2.19. The molecular formula is C23H21ClN8O4. The van der Waals surface area contributed by atoms with Crippen molar-refractivity contribution in [3.8, 4) is 23.2 Å². The first-order valence-electron chi connectivity index (χ1n) is 11.0. The van der Waals surface area contributed by atoms with Crippen molar-refractivity contribution < 1.29 is 19.1 Å². The standard InChI is InChI=1S/C23H21ClN8O4/c1-31-17-5-13(24)3-4-14(17)19(30-31)15-7-26-21-20(28-15)18(8-27-21)36-23(34)29-16(11-35-2)22(33)32-9-12(6-25)10-32/h3-5,7-8,12,16H,9-11H2,1-2H3,(H,26,27)(H,29,34)/t16-/m1/s1. The monoisotopic (exact) mass is 508 g/mol. The molecule has 5 rings (SSSR count). The molecule has 0 bridgehead atoms. The molecule has 1 fully saturated rings. The number of aromatic amines is 1. The van der Waals surface area contributed by atoms with E-state index < -0.39 is 12.1 Å². The highest BCUT2D eigenvalue weighted by atomic mass is 35.5. The van der Waals surface area contributed by atoms with E-state index in [9.17, 15) is 9.59 Å². The number of ether oxygens (including phenoxy) is 2. The molecule has 1 aliphatic rings. The maximum atomic E-state index is 12.7. The number of nitrogens with one attached hydrogen (secondary N) is 2. The van der Waals surface area contributed by atoms with Crippen LogP contribution in [0.4, 0.5) is 4.79 Å². The van der Waals surface area contributed by atoms with Crippen LogP contribution in [-0.2, 0) is 16.6 Å². The summed E-state index contributed by atoms with van der Waals surface area (Å²) >= 11 is 6.12. The smallest absolute Gasteiger partial charge is 0.406 e. The van der Waals surface area contributed by atoms with Gasteiger partial charge in [0.05, 0.1) is 30.3 Å². The van der Waals surface area contributed by atoms with Gasteiger partial charge in [0.2, 0.25) is 5.91 Å². The van der Waals surface area contributed by atoms with E-state index >= 15 is 0 Å². The van der Waals surface area contributed by atoms with Gasteiger partial charge in [0, 0.05) is 43.9 Å². The average molecular weight is 509 g/mol. The molecule has 2 amide bonds. The predicted molar refractivity (Wildman–Crippen MR) is 129 cm³/mol. The number of hydrogen-bond donors (Lipinski definition) is 2. The lowest BCUT2D eigenvalue weighted by Gasteiger charge is -2.37. The highest BCUT2D eigenvalue weighted by molar-refractivity contribution is 6.31. The predicted octanol–water partition coefficient (Wildman–Crippen LogP) is 2.25. The number of likely N-dealkylation sites (tertiary alicyclic amines) is 1. The number of nitrogens with zero attached hydrogens (tertiary/aromatic N) is 6. The molecule has 4 aromatic rings. The third-order valence-corrected chi connectivity index (χ3v) is 6.14. The Kier molecular flexibility index (Phi) is 6.17. The zero-order valence-electron chi connectivity index (χ0n) is 19.4. The molecule has 3 aromatic heterocycles. The Morgan fingerprint density at radius 3 is 2.94 bits per heavy atom. The highest BCUT2D eigenvalue weighted by Gasteiger charge is 2.35. The van der Waals surface area contributed by atoms with Gasteiger partial charge in [0.15, 0.2) is 16.9 Å². The molecule has 1 aliphatic heterocycles. The molecule has 2 N–H and O–H groups in total. The van der Waals surface area contributed by atoms with E-state index in [0.29, 0.717) is 40.7 Å². The molecule has 0 radical (unpaired) electrons. The number of halogens is 1. The quantitative estimate of drug-likeness (QED) is 0.402. The van der Waals surface area contributed by atoms with Crippen molar-refractivity contribution in [3.05, 3.63) is 35.6 Å². The van der Waals surface area contributed by atoms with Crippen LogP contribution in [0, 0.1) is 17.2 Å². The lowest BCUT2D eigenvalue weighted by Crippen LogP contribution is -2.58. The number of carbonyl (C=O) groups is 2. The molecular weight excluding hydrogens is 488 g/mol. The molecule has 13 heteroatoms. The number of methoxy groups -OCH3 is 1. The Bertz CT molecular complexity index is 1520. The Balaban J connectivity index is 1.36. The van der Waals surface area contributed by atoms with Crippen LogP contribution in [0.3, 0.4) is 0 Å². The zero-order valence-corrected chi connectivity index (χ0v) is 20.1. The second-order valence-corrected chi connectivity index (χ2v) is 8.79. The van der Waals surface area contributed by atoms with Crippen LogP contribution < -0.4 is 10.1 Å². The van der Waals surface area contributed by atoms with E-state index in [-0.39, 0.29) is 24.2 Å². The SMILES string of the molecule is COC[C@@H](NC(=O)Oc1c[nH]c2ncc(-c3nn(C)c4cc(Cl)ccc34)nc12)C(=O)N1CC(C#N)C1. The van der Waals surface area contributed by atoms with Crippen LogP contribution in [-0.4, -0.2) is 74.5 Å². The van der Waals surface area contributed by atoms with Crippen LogP contribution >= 0.6 is 11.6 Å². The second-order valence-electron chi connectivity index (χ2n) is 8.35. The fourth-order valence-corrected chi connectivity index (χ4v) is 4.22. The minimum atomic E-state index is -0.958. The first kappa shape index (κ1) is 23.5. The lowest BCUT2D eigenvalue weighted by molar-refractivity contribution is -0.139. The van der Waals surface area contributed by atoms with E-state index in [1.165, 1.54) is 18.2 Å². The fourth-order valence-electron chi connectivity index (χ4n) is 4.05. The average Bonchev–Trinajstić information content (AvgIpc) is 3.38. The van der Waals surface area contributed by atoms with Crippen LogP contribution in [0.2, 0.25) is 5.02 Å². The van der Waals surface area contributed by atoms with Crippen molar-refractivity contribution in [2.45, 2.75) is 6.04 Å². The topological polar surface area (TPSA) is 151 Å². The third kappa shape index (κ3) is 4.30. The van der Waals surface area contributed by atoms with Gasteiger partial charge >= 0.3 is 6.09 Å². The number of hydrogen-bond acceptors (Lipinski definition) is 8. The first-order chi connectivity index (χ1) is 17.4. The molecule has 1 atom stereocenters. The Morgan fingerprint density at radius 2 is 2.19 bits per heavy atom. The van der Waals surface area contributed by atoms with Gasteiger partial charge in [-0.25, -0.2) is 14.8 Å². The summed E-state index contributed by atoms with van der Waals surface area (Å²) in [5, 5.41) is 17.5. The third-order valence-electron chi connectivity index (χ3n) is 5.90. The summed E-state index contributed by atoms with van der Waals surface area (Å²) in [6.45, 7) is 0.596. The van der Waals surface area contributed by atoms with E-state index in [4.69, 9.17) is 26.3 Å². The minimum Gasteiger partial charge on any atom is -0.406 e.